The number of aryl methyl sites for hydroxylation is 2. The van der Waals surface area contributed by atoms with Crippen molar-refractivity contribution in [3.05, 3.63) is 87.0 Å². The van der Waals surface area contributed by atoms with Crippen molar-refractivity contribution in [1.82, 2.24) is 4.57 Å². The predicted octanol–water partition coefficient (Wildman–Crippen LogP) is 4.51. The van der Waals surface area contributed by atoms with Gasteiger partial charge in [0.05, 0.1) is 11.4 Å². The minimum atomic E-state index is -0.528. The molecule has 2 aromatic heterocycles. The Hall–Kier alpha value is -3.38. The third-order valence-electron chi connectivity index (χ3n) is 4.61. The first-order valence-electron chi connectivity index (χ1n) is 8.84. The zero-order valence-corrected chi connectivity index (χ0v) is 16.3. The Kier molecular flexibility index (Phi) is 4.49. The number of rotatable bonds is 4. The summed E-state index contributed by atoms with van der Waals surface area (Å²) in [6.45, 7) is 3.96. The Morgan fingerprint density at radius 2 is 1.82 bits per heavy atom. The maximum atomic E-state index is 12.7. The van der Waals surface area contributed by atoms with Crippen LogP contribution in [0.15, 0.2) is 65.5 Å². The molecule has 6 heteroatoms. The molecule has 0 bridgehead atoms. The lowest BCUT2D eigenvalue weighted by Crippen LogP contribution is -2.17. The maximum Gasteiger partial charge on any atom is 0.261 e. The van der Waals surface area contributed by atoms with Gasteiger partial charge in [0.1, 0.15) is 9.71 Å². The van der Waals surface area contributed by atoms with Crippen molar-refractivity contribution in [1.29, 1.82) is 0 Å². The number of nitrogens with zero attached hydrogens (tertiary/aromatic N) is 1. The summed E-state index contributed by atoms with van der Waals surface area (Å²) in [5.41, 5.74) is 9.85. The Balaban J connectivity index is 2.00. The van der Waals surface area contributed by atoms with Crippen molar-refractivity contribution in [3.63, 3.8) is 0 Å². The van der Waals surface area contributed by atoms with Crippen molar-refractivity contribution >= 4 is 38.8 Å². The molecule has 1 amide bonds. The first kappa shape index (κ1) is 18.0. The molecule has 28 heavy (non-hydrogen) atoms. The van der Waals surface area contributed by atoms with Gasteiger partial charge in [0.25, 0.3) is 11.5 Å². The van der Waals surface area contributed by atoms with Gasteiger partial charge in [-0.2, -0.15) is 0 Å². The molecular weight excluding hydrogens is 370 g/mol. The Bertz CT molecular complexity index is 1270. The van der Waals surface area contributed by atoms with Gasteiger partial charge in [-0.05, 0) is 49.2 Å². The second-order valence-electron chi connectivity index (χ2n) is 6.68. The highest BCUT2D eigenvalue weighted by Gasteiger charge is 2.20. The Labute approximate surface area is 166 Å². The summed E-state index contributed by atoms with van der Waals surface area (Å²) >= 11 is 1.23. The first-order chi connectivity index (χ1) is 13.5. The van der Waals surface area contributed by atoms with Crippen LogP contribution in [0.2, 0.25) is 0 Å². The van der Waals surface area contributed by atoms with Crippen LogP contribution in [0.25, 0.3) is 15.9 Å². The van der Waals surface area contributed by atoms with Crippen LogP contribution in [0.1, 0.15) is 20.8 Å². The molecule has 2 heterocycles. The molecule has 0 spiro atoms. The van der Waals surface area contributed by atoms with Crippen LogP contribution in [-0.4, -0.2) is 10.5 Å². The highest BCUT2D eigenvalue weighted by Crippen LogP contribution is 2.38. The third-order valence-corrected chi connectivity index (χ3v) is 5.81. The molecule has 0 radical (unpaired) electrons. The zero-order valence-electron chi connectivity index (χ0n) is 15.5. The molecule has 4 rings (SSSR count). The van der Waals surface area contributed by atoms with E-state index in [1.807, 2.05) is 62.4 Å². The Morgan fingerprint density at radius 3 is 2.54 bits per heavy atom. The van der Waals surface area contributed by atoms with Crippen LogP contribution < -0.4 is 16.6 Å². The lowest BCUT2D eigenvalue weighted by atomic mass is 10.1. The van der Waals surface area contributed by atoms with E-state index in [2.05, 4.69) is 5.32 Å². The number of benzene rings is 2. The van der Waals surface area contributed by atoms with Crippen LogP contribution in [0, 0.1) is 13.8 Å². The second kappa shape index (κ2) is 6.98. The molecule has 0 atom stereocenters. The van der Waals surface area contributed by atoms with Crippen LogP contribution in [-0.2, 0) is 0 Å². The summed E-state index contributed by atoms with van der Waals surface area (Å²) in [7, 11) is 0. The average Bonchev–Trinajstić information content (AvgIpc) is 3.01. The number of carbonyl (C=O) groups excluding carboxylic acids is 1. The van der Waals surface area contributed by atoms with E-state index >= 15 is 0 Å². The fourth-order valence-electron chi connectivity index (χ4n) is 3.29. The molecule has 0 fully saturated rings. The summed E-state index contributed by atoms with van der Waals surface area (Å²) in [6.07, 6.45) is 0. The number of primary amides is 1. The fourth-order valence-corrected chi connectivity index (χ4v) is 4.41. The lowest BCUT2D eigenvalue weighted by Gasteiger charge is -2.11. The van der Waals surface area contributed by atoms with Gasteiger partial charge < -0.3 is 11.1 Å². The van der Waals surface area contributed by atoms with Crippen molar-refractivity contribution in [2.24, 2.45) is 5.73 Å². The molecular formula is C22H19N3O2S. The number of carbonyl (C=O) groups is 1. The molecule has 0 saturated heterocycles. The SMILES string of the molecule is Cc1cccc(Nc2c(C(N)=O)sc3c2ccc(=O)n3-c2ccccc2C)c1. The van der Waals surface area contributed by atoms with Crippen molar-refractivity contribution in [2.75, 3.05) is 5.32 Å². The van der Waals surface area contributed by atoms with Crippen molar-refractivity contribution < 1.29 is 4.79 Å². The number of fused-ring (bicyclic) bond motifs is 1. The van der Waals surface area contributed by atoms with Gasteiger partial charge in [0.2, 0.25) is 0 Å². The monoisotopic (exact) mass is 389 g/mol. The molecule has 4 aromatic rings. The maximum absolute atomic E-state index is 12.7. The topological polar surface area (TPSA) is 77.1 Å². The third kappa shape index (κ3) is 3.08. The van der Waals surface area contributed by atoms with E-state index in [9.17, 15) is 9.59 Å². The molecule has 0 saturated carbocycles. The largest absolute Gasteiger partial charge is 0.365 e. The number of amides is 1. The van der Waals surface area contributed by atoms with Crippen molar-refractivity contribution in [3.8, 4) is 5.69 Å². The highest BCUT2D eigenvalue weighted by molar-refractivity contribution is 7.21. The number of hydrogen-bond acceptors (Lipinski definition) is 4. The van der Waals surface area contributed by atoms with E-state index < -0.39 is 5.91 Å². The standard InChI is InChI=1S/C22H19N3O2S/c1-13-6-5-8-15(12-13)24-19-16-10-11-18(26)25(17-9-4-3-7-14(17)2)22(16)28-20(19)21(23)27/h3-12,24H,1-2H3,(H2,23,27). The number of para-hydroxylation sites is 1. The molecule has 0 aliphatic rings. The van der Waals surface area contributed by atoms with Crippen LogP contribution in [0.3, 0.4) is 0 Å². The molecule has 0 aliphatic carbocycles. The molecule has 0 unspecified atom stereocenters. The smallest absolute Gasteiger partial charge is 0.261 e. The summed E-state index contributed by atoms with van der Waals surface area (Å²) in [4.78, 5) is 25.9. The minimum Gasteiger partial charge on any atom is -0.365 e. The normalized spacial score (nSPS) is 10.9. The second-order valence-corrected chi connectivity index (χ2v) is 7.68. The fraction of sp³-hybridized carbons (Fsp3) is 0.0909. The van der Waals surface area contributed by atoms with E-state index in [4.69, 9.17) is 5.73 Å². The molecule has 5 nitrogen and oxygen atoms in total. The first-order valence-corrected chi connectivity index (χ1v) is 9.65. The van der Waals surface area contributed by atoms with Gasteiger partial charge in [-0.1, -0.05) is 30.3 Å². The number of aromatic nitrogens is 1. The summed E-state index contributed by atoms with van der Waals surface area (Å²) in [5, 5.41) is 4.11. The van der Waals surface area contributed by atoms with Crippen LogP contribution in [0.5, 0.6) is 0 Å². The molecule has 2 aromatic carbocycles. The number of nitrogens with one attached hydrogen (secondary N) is 1. The molecule has 3 N–H and O–H groups in total. The van der Waals surface area contributed by atoms with E-state index in [-0.39, 0.29) is 5.56 Å². The predicted molar refractivity (Wildman–Crippen MR) is 115 cm³/mol. The number of nitrogens with two attached hydrogens (primary N) is 1. The zero-order chi connectivity index (χ0) is 19.8. The molecule has 140 valence electrons. The summed E-state index contributed by atoms with van der Waals surface area (Å²) in [6, 6.07) is 18.8. The minimum absolute atomic E-state index is 0.152. The van der Waals surface area contributed by atoms with Crippen LogP contribution >= 0.6 is 11.3 Å². The van der Waals surface area contributed by atoms with E-state index in [0.29, 0.717) is 15.4 Å². The number of pyridine rings is 1. The Morgan fingerprint density at radius 1 is 1.04 bits per heavy atom. The average molecular weight is 389 g/mol. The van der Waals surface area contributed by atoms with Gasteiger partial charge >= 0.3 is 0 Å². The summed E-state index contributed by atoms with van der Waals surface area (Å²) in [5.74, 6) is -0.528. The van der Waals surface area contributed by atoms with Crippen LogP contribution in [0.4, 0.5) is 11.4 Å². The van der Waals surface area contributed by atoms with Gasteiger partial charge in [0, 0.05) is 17.1 Å². The molecule has 0 aliphatic heterocycles. The lowest BCUT2D eigenvalue weighted by molar-refractivity contribution is 0.100. The van der Waals surface area contributed by atoms with Gasteiger partial charge in [-0.25, -0.2) is 0 Å². The summed E-state index contributed by atoms with van der Waals surface area (Å²) < 4.78 is 1.64. The van der Waals surface area contributed by atoms with Gasteiger partial charge in [-0.15, -0.1) is 11.3 Å². The number of hydrogen-bond donors (Lipinski definition) is 2. The van der Waals surface area contributed by atoms with E-state index in [0.717, 1.165) is 27.9 Å². The quantitative estimate of drug-likeness (QED) is 0.539. The highest BCUT2D eigenvalue weighted by atomic mass is 32.1. The van der Waals surface area contributed by atoms with E-state index in [1.54, 1.807) is 10.6 Å². The number of thiophene rings is 1. The number of anilines is 2. The van der Waals surface area contributed by atoms with Gasteiger partial charge in [0.15, 0.2) is 0 Å². The van der Waals surface area contributed by atoms with Gasteiger partial charge in [-0.3, -0.25) is 14.2 Å². The van der Waals surface area contributed by atoms with E-state index in [1.165, 1.54) is 17.4 Å². The van der Waals surface area contributed by atoms with Crippen molar-refractivity contribution in [2.45, 2.75) is 13.8 Å².